The lowest BCUT2D eigenvalue weighted by Gasteiger charge is -2.22. The number of amides is 4. The minimum atomic E-state index is -0.785. The van der Waals surface area contributed by atoms with E-state index in [1.165, 1.54) is 17.3 Å². The summed E-state index contributed by atoms with van der Waals surface area (Å²) in [6.45, 7) is 2.22. The molecule has 8 heteroatoms. The van der Waals surface area contributed by atoms with Crippen molar-refractivity contribution < 1.29 is 19.6 Å². The number of likely N-dealkylation sites (tertiary alicyclic amines) is 1. The molecule has 0 spiro atoms. The average Bonchev–Trinajstić information content (AvgIpc) is 2.93. The summed E-state index contributed by atoms with van der Waals surface area (Å²) in [5, 5.41) is 13.9. The standard InChI is InChI=1S/C15H20N4O4/c1-10(13(20)18-23)19-8-7-12(14(19)21)17-15(22)16-9-11-5-3-2-4-6-11/h2-6,10,12,23H,7-9H2,1H3,(H,18,20)(H2,16,17,22). The molecule has 2 atom stereocenters. The molecule has 4 amide bonds. The largest absolute Gasteiger partial charge is 0.334 e. The van der Waals surface area contributed by atoms with Crippen LogP contribution in [0.1, 0.15) is 18.9 Å². The summed E-state index contributed by atoms with van der Waals surface area (Å²) in [7, 11) is 0. The van der Waals surface area contributed by atoms with Crippen LogP contribution in [-0.2, 0) is 16.1 Å². The molecule has 8 nitrogen and oxygen atoms in total. The summed E-state index contributed by atoms with van der Waals surface area (Å²) >= 11 is 0. The van der Waals surface area contributed by atoms with Crippen molar-refractivity contribution >= 4 is 17.8 Å². The number of carbonyl (C=O) groups excluding carboxylic acids is 3. The highest BCUT2D eigenvalue weighted by Crippen LogP contribution is 2.14. The zero-order valence-corrected chi connectivity index (χ0v) is 12.8. The molecule has 124 valence electrons. The molecule has 4 N–H and O–H groups in total. The Kier molecular flexibility index (Phi) is 5.53. The van der Waals surface area contributed by atoms with Crippen LogP contribution >= 0.6 is 0 Å². The lowest BCUT2D eigenvalue weighted by Crippen LogP contribution is -2.50. The van der Waals surface area contributed by atoms with E-state index in [1.54, 1.807) is 0 Å². The van der Waals surface area contributed by atoms with Gasteiger partial charge in [-0.05, 0) is 18.9 Å². The SMILES string of the molecule is CC(C(=O)NO)N1CCC(NC(=O)NCc2ccccc2)C1=O. The first kappa shape index (κ1) is 16.8. The van der Waals surface area contributed by atoms with Crippen LogP contribution in [0.15, 0.2) is 30.3 Å². The lowest BCUT2D eigenvalue weighted by molar-refractivity contribution is -0.141. The average molecular weight is 320 g/mol. The molecule has 1 saturated heterocycles. The number of hydroxylamine groups is 1. The highest BCUT2D eigenvalue weighted by Gasteiger charge is 2.37. The monoisotopic (exact) mass is 320 g/mol. The molecule has 0 radical (unpaired) electrons. The predicted molar refractivity (Wildman–Crippen MR) is 81.3 cm³/mol. The maximum absolute atomic E-state index is 12.2. The Morgan fingerprint density at radius 3 is 2.70 bits per heavy atom. The molecule has 1 aliphatic rings. The van der Waals surface area contributed by atoms with Gasteiger partial charge in [0.15, 0.2) is 0 Å². The number of carbonyl (C=O) groups is 3. The third kappa shape index (κ3) is 4.19. The molecule has 1 aromatic rings. The Bertz CT molecular complexity index is 578. The van der Waals surface area contributed by atoms with Crippen molar-refractivity contribution in [2.24, 2.45) is 0 Å². The number of hydrogen-bond donors (Lipinski definition) is 4. The van der Waals surface area contributed by atoms with Gasteiger partial charge in [-0.1, -0.05) is 30.3 Å². The molecule has 0 aromatic heterocycles. The predicted octanol–water partition coefficient (Wildman–Crippen LogP) is -0.0194. The molecule has 23 heavy (non-hydrogen) atoms. The maximum atomic E-state index is 12.2. The minimum absolute atomic E-state index is 0.337. The zero-order valence-electron chi connectivity index (χ0n) is 12.8. The third-order valence-corrected chi connectivity index (χ3v) is 3.80. The molecule has 1 aromatic carbocycles. The smallest absolute Gasteiger partial charge is 0.315 e. The quantitative estimate of drug-likeness (QED) is 0.451. The van der Waals surface area contributed by atoms with E-state index in [0.717, 1.165) is 5.56 Å². The molecule has 2 unspecified atom stereocenters. The molecular weight excluding hydrogens is 300 g/mol. The molecule has 2 rings (SSSR count). The second kappa shape index (κ2) is 7.59. The van der Waals surface area contributed by atoms with Gasteiger partial charge in [-0.3, -0.25) is 14.8 Å². The normalized spacial score (nSPS) is 18.4. The summed E-state index contributed by atoms with van der Waals surface area (Å²) in [5.74, 6) is -0.997. The van der Waals surface area contributed by atoms with Crippen molar-refractivity contribution in [2.45, 2.75) is 32.0 Å². The summed E-state index contributed by atoms with van der Waals surface area (Å²) in [5.41, 5.74) is 2.48. The van der Waals surface area contributed by atoms with E-state index < -0.39 is 24.0 Å². The maximum Gasteiger partial charge on any atom is 0.315 e. The summed E-state index contributed by atoms with van der Waals surface area (Å²) in [6.07, 6.45) is 0.417. The van der Waals surface area contributed by atoms with Crippen LogP contribution in [0.25, 0.3) is 0 Å². The second-order valence-electron chi connectivity index (χ2n) is 5.34. The Balaban J connectivity index is 1.83. The van der Waals surface area contributed by atoms with Crippen molar-refractivity contribution in [3.63, 3.8) is 0 Å². The van der Waals surface area contributed by atoms with Crippen LogP contribution < -0.4 is 16.1 Å². The van der Waals surface area contributed by atoms with E-state index in [9.17, 15) is 14.4 Å². The Labute approximate surface area is 133 Å². The van der Waals surface area contributed by atoms with Gasteiger partial charge in [0.25, 0.3) is 5.91 Å². The number of hydrogen-bond acceptors (Lipinski definition) is 4. The first-order chi connectivity index (χ1) is 11.0. The van der Waals surface area contributed by atoms with Gasteiger partial charge in [0, 0.05) is 13.1 Å². The zero-order chi connectivity index (χ0) is 16.8. The van der Waals surface area contributed by atoms with Gasteiger partial charge in [-0.2, -0.15) is 0 Å². The van der Waals surface area contributed by atoms with Crippen molar-refractivity contribution in [3.8, 4) is 0 Å². The van der Waals surface area contributed by atoms with E-state index in [2.05, 4.69) is 10.6 Å². The highest BCUT2D eigenvalue weighted by molar-refractivity contribution is 5.92. The third-order valence-electron chi connectivity index (χ3n) is 3.80. The Morgan fingerprint density at radius 2 is 2.04 bits per heavy atom. The highest BCUT2D eigenvalue weighted by atomic mass is 16.5. The summed E-state index contributed by atoms with van der Waals surface area (Å²) < 4.78 is 0. The van der Waals surface area contributed by atoms with Crippen LogP contribution in [0.4, 0.5) is 4.79 Å². The molecule has 0 saturated carbocycles. The fraction of sp³-hybridized carbons (Fsp3) is 0.400. The number of nitrogens with zero attached hydrogens (tertiary/aromatic N) is 1. The van der Waals surface area contributed by atoms with Gasteiger partial charge >= 0.3 is 6.03 Å². The van der Waals surface area contributed by atoms with Gasteiger partial charge in [0.05, 0.1) is 0 Å². The number of benzene rings is 1. The Hall–Kier alpha value is -2.61. The van der Waals surface area contributed by atoms with Gasteiger partial charge in [-0.25, -0.2) is 10.3 Å². The molecule has 1 aliphatic heterocycles. The van der Waals surface area contributed by atoms with Crippen molar-refractivity contribution in [1.82, 2.24) is 21.0 Å². The topological polar surface area (TPSA) is 111 Å². The van der Waals surface area contributed by atoms with E-state index in [1.807, 2.05) is 30.3 Å². The molecule has 0 aliphatic carbocycles. The lowest BCUT2D eigenvalue weighted by atomic mass is 10.2. The molecule has 0 bridgehead atoms. The fourth-order valence-electron chi connectivity index (χ4n) is 2.44. The van der Waals surface area contributed by atoms with Crippen LogP contribution in [-0.4, -0.2) is 46.6 Å². The van der Waals surface area contributed by atoms with Crippen molar-refractivity contribution in [3.05, 3.63) is 35.9 Å². The van der Waals surface area contributed by atoms with Crippen LogP contribution in [0.5, 0.6) is 0 Å². The van der Waals surface area contributed by atoms with Gasteiger partial charge in [0.1, 0.15) is 12.1 Å². The summed E-state index contributed by atoms with van der Waals surface area (Å²) in [6, 6.07) is 7.52. The first-order valence-corrected chi connectivity index (χ1v) is 7.35. The fourth-order valence-corrected chi connectivity index (χ4v) is 2.44. The minimum Gasteiger partial charge on any atom is -0.334 e. The van der Waals surface area contributed by atoms with Gasteiger partial charge < -0.3 is 15.5 Å². The second-order valence-corrected chi connectivity index (χ2v) is 5.34. The van der Waals surface area contributed by atoms with E-state index >= 15 is 0 Å². The molecular formula is C15H20N4O4. The molecule has 1 heterocycles. The van der Waals surface area contributed by atoms with Gasteiger partial charge in [-0.15, -0.1) is 0 Å². The number of rotatable bonds is 5. The molecule has 1 fully saturated rings. The Morgan fingerprint density at radius 1 is 1.35 bits per heavy atom. The summed E-state index contributed by atoms with van der Waals surface area (Å²) in [4.78, 5) is 36.8. The first-order valence-electron chi connectivity index (χ1n) is 7.35. The van der Waals surface area contributed by atoms with Crippen LogP contribution in [0.2, 0.25) is 0 Å². The van der Waals surface area contributed by atoms with E-state index in [-0.39, 0.29) is 5.91 Å². The van der Waals surface area contributed by atoms with Crippen molar-refractivity contribution in [1.29, 1.82) is 0 Å². The van der Waals surface area contributed by atoms with Crippen molar-refractivity contribution in [2.75, 3.05) is 6.54 Å². The van der Waals surface area contributed by atoms with Crippen LogP contribution in [0.3, 0.4) is 0 Å². The van der Waals surface area contributed by atoms with Gasteiger partial charge in [0.2, 0.25) is 5.91 Å². The van der Waals surface area contributed by atoms with E-state index in [0.29, 0.717) is 19.5 Å². The van der Waals surface area contributed by atoms with E-state index in [4.69, 9.17) is 5.21 Å². The van der Waals surface area contributed by atoms with Crippen LogP contribution in [0, 0.1) is 0 Å². The number of urea groups is 1. The number of nitrogens with one attached hydrogen (secondary N) is 3.